The molecule has 0 amide bonds. The molecule has 1 aliphatic rings. The number of ether oxygens (including phenoxy) is 5. The minimum absolute atomic E-state index is 0.0617. The van der Waals surface area contributed by atoms with Gasteiger partial charge in [-0.25, -0.2) is 9.67 Å². The number of hydrogen-bond acceptors (Lipinski definition) is 11. The monoisotopic (exact) mass is 696 g/mol. The zero-order valence-electron chi connectivity index (χ0n) is 27.4. The second-order valence-electron chi connectivity index (χ2n) is 11.9. The molecule has 0 aliphatic carbocycles. The van der Waals surface area contributed by atoms with E-state index in [2.05, 4.69) is 25.3 Å². The van der Waals surface area contributed by atoms with Crippen LogP contribution in [0, 0.1) is 0 Å². The van der Waals surface area contributed by atoms with Crippen LogP contribution >= 0.6 is 11.6 Å². The van der Waals surface area contributed by atoms with Crippen LogP contribution in [-0.4, -0.2) is 72.3 Å². The van der Waals surface area contributed by atoms with E-state index in [-0.39, 0.29) is 11.1 Å². The number of aromatic nitrogens is 7. The van der Waals surface area contributed by atoms with Gasteiger partial charge in [0.15, 0.2) is 17.1 Å². The number of nitrogens with zero attached hydrogens (tertiary/aromatic N) is 7. The number of benzene rings is 3. The number of nitrogen functional groups attached to an aromatic ring is 1. The third kappa shape index (κ3) is 7.99. The van der Waals surface area contributed by atoms with Crippen molar-refractivity contribution in [2.24, 2.45) is 0 Å². The summed E-state index contributed by atoms with van der Waals surface area (Å²) in [5.41, 5.74) is 10.5. The normalized spacial score (nSPS) is 20.7. The maximum absolute atomic E-state index is 6.71. The Hall–Kier alpha value is -4.76. The molecule has 2 N–H and O–H groups in total. The Morgan fingerprint density at radius 2 is 1.36 bits per heavy atom. The average Bonchev–Trinajstić information content (AvgIpc) is 3.77. The molecule has 0 spiro atoms. The van der Waals surface area contributed by atoms with Gasteiger partial charge >= 0.3 is 0 Å². The molecule has 4 heterocycles. The first-order chi connectivity index (χ1) is 24.5. The molecule has 0 saturated carbocycles. The van der Waals surface area contributed by atoms with Crippen LogP contribution < -0.4 is 5.73 Å². The molecule has 1 aliphatic heterocycles. The molecule has 1 fully saturated rings. The minimum atomic E-state index is -0.753. The van der Waals surface area contributed by atoms with E-state index in [0.717, 1.165) is 16.7 Å². The molecular weight excluding hydrogens is 660 g/mol. The SMILES string of the molecule is CO[C@H]1O[C@H](Cn2cc(Cn3cnc4c(Cl)nc(N)nc43)nn2)[C@@H](OCc2ccccc2)[C@H](OCc2ccccc2)[C@H]1OCc1ccccc1. The van der Waals surface area contributed by atoms with Crippen LogP contribution in [0.3, 0.4) is 0 Å². The summed E-state index contributed by atoms with van der Waals surface area (Å²) in [6, 6.07) is 30.0. The average molecular weight is 697 g/mol. The Kier molecular flexibility index (Phi) is 10.7. The van der Waals surface area contributed by atoms with E-state index in [4.69, 9.17) is 41.0 Å². The summed E-state index contributed by atoms with van der Waals surface area (Å²) in [5, 5.41) is 9.02. The van der Waals surface area contributed by atoms with Crippen LogP contribution in [0.25, 0.3) is 11.2 Å². The molecule has 50 heavy (non-hydrogen) atoms. The summed E-state index contributed by atoms with van der Waals surface area (Å²) in [5.74, 6) is 0.0617. The van der Waals surface area contributed by atoms with Gasteiger partial charge < -0.3 is 34.0 Å². The van der Waals surface area contributed by atoms with Crippen LogP contribution in [0.5, 0.6) is 0 Å². The third-order valence-corrected chi connectivity index (χ3v) is 8.67. The largest absolute Gasteiger partial charge is 0.368 e. The molecule has 6 aromatic rings. The Bertz CT molecular complexity index is 1960. The van der Waals surface area contributed by atoms with Gasteiger partial charge in [0, 0.05) is 7.11 Å². The Morgan fingerprint density at radius 1 is 0.780 bits per heavy atom. The highest BCUT2D eigenvalue weighted by Gasteiger charge is 2.49. The van der Waals surface area contributed by atoms with Crippen LogP contribution in [-0.2, 0) is 56.6 Å². The summed E-state index contributed by atoms with van der Waals surface area (Å²) >= 11 is 6.23. The fourth-order valence-corrected chi connectivity index (χ4v) is 6.20. The topological polar surface area (TPSA) is 146 Å². The maximum atomic E-state index is 6.71. The fraction of sp³-hybridized carbons (Fsp3) is 0.306. The van der Waals surface area contributed by atoms with Crippen molar-refractivity contribution in [2.75, 3.05) is 12.8 Å². The van der Waals surface area contributed by atoms with Crippen molar-refractivity contribution in [3.63, 3.8) is 0 Å². The highest BCUT2D eigenvalue weighted by molar-refractivity contribution is 6.33. The van der Waals surface area contributed by atoms with Crippen molar-refractivity contribution in [2.45, 2.75) is 63.6 Å². The smallest absolute Gasteiger partial charge is 0.223 e. The van der Waals surface area contributed by atoms with E-state index >= 15 is 0 Å². The number of methoxy groups -OCH3 is 1. The van der Waals surface area contributed by atoms with E-state index in [0.29, 0.717) is 49.8 Å². The van der Waals surface area contributed by atoms with Crippen molar-refractivity contribution in [3.8, 4) is 0 Å². The molecule has 0 bridgehead atoms. The number of halogens is 1. The van der Waals surface area contributed by atoms with Gasteiger partial charge in [-0.15, -0.1) is 5.10 Å². The second kappa shape index (κ2) is 15.9. The lowest BCUT2D eigenvalue weighted by molar-refractivity contribution is -0.319. The second-order valence-corrected chi connectivity index (χ2v) is 12.3. The predicted octanol–water partition coefficient (Wildman–Crippen LogP) is 4.83. The van der Waals surface area contributed by atoms with Gasteiger partial charge in [-0.2, -0.15) is 9.97 Å². The quantitative estimate of drug-likeness (QED) is 0.156. The number of hydrogen-bond donors (Lipinski definition) is 1. The molecule has 258 valence electrons. The minimum Gasteiger partial charge on any atom is -0.368 e. The van der Waals surface area contributed by atoms with Crippen molar-refractivity contribution in [1.82, 2.24) is 34.5 Å². The highest BCUT2D eigenvalue weighted by Crippen LogP contribution is 2.32. The first-order valence-corrected chi connectivity index (χ1v) is 16.6. The van der Waals surface area contributed by atoms with Gasteiger partial charge in [-0.3, -0.25) is 0 Å². The highest BCUT2D eigenvalue weighted by atomic mass is 35.5. The van der Waals surface area contributed by atoms with E-state index in [1.807, 2.05) is 97.2 Å². The van der Waals surface area contributed by atoms with Crippen LogP contribution in [0.15, 0.2) is 104 Å². The standard InChI is InChI=1S/C36H37ClN8O5/c1-46-35-32(49-22-26-15-9-4-10-16-26)31(48-21-25-13-7-3-8-14-25)30(47-20-24-11-5-2-6-12-24)28(50-35)19-45-18-27(42-43-45)17-44-23-39-29-33(37)40-36(38)41-34(29)44/h2-16,18,23,28,30-32,35H,17,19-22H2,1H3,(H2,38,40,41)/t28-,30-,31+,32-,35+/m1/s1. The number of rotatable bonds is 14. The zero-order chi connectivity index (χ0) is 34.3. The molecule has 13 nitrogen and oxygen atoms in total. The van der Waals surface area contributed by atoms with Gasteiger partial charge in [0.1, 0.15) is 35.6 Å². The summed E-state index contributed by atoms with van der Waals surface area (Å²) in [6.45, 7) is 1.66. The van der Waals surface area contributed by atoms with E-state index < -0.39 is 30.7 Å². The van der Waals surface area contributed by atoms with Crippen LogP contribution in [0.1, 0.15) is 22.4 Å². The number of nitrogens with two attached hydrogens (primary N) is 1. The third-order valence-electron chi connectivity index (χ3n) is 8.40. The van der Waals surface area contributed by atoms with Gasteiger partial charge in [-0.05, 0) is 16.7 Å². The van der Waals surface area contributed by atoms with Crippen molar-refractivity contribution in [3.05, 3.63) is 131 Å². The van der Waals surface area contributed by atoms with Gasteiger partial charge in [0.2, 0.25) is 5.95 Å². The molecule has 0 unspecified atom stereocenters. The molecule has 1 saturated heterocycles. The Morgan fingerprint density at radius 3 is 1.96 bits per heavy atom. The van der Waals surface area contributed by atoms with Crippen molar-refractivity contribution < 1.29 is 23.7 Å². The predicted molar refractivity (Wildman–Crippen MR) is 185 cm³/mol. The lowest BCUT2D eigenvalue weighted by Gasteiger charge is -2.45. The zero-order valence-corrected chi connectivity index (χ0v) is 28.1. The molecule has 3 aromatic carbocycles. The van der Waals surface area contributed by atoms with Gasteiger partial charge in [-0.1, -0.05) is 108 Å². The summed E-state index contributed by atoms with van der Waals surface area (Å²) in [7, 11) is 1.60. The lowest BCUT2D eigenvalue weighted by atomic mass is 9.97. The lowest BCUT2D eigenvalue weighted by Crippen LogP contribution is -2.61. The Labute approximate surface area is 293 Å². The number of imidazole rings is 1. The molecule has 7 rings (SSSR count). The van der Waals surface area contributed by atoms with Gasteiger partial charge in [0.25, 0.3) is 0 Å². The number of fused-ring (bicyclic) bond motifs is 1. The summed E-state index contributed by atoms with van der Waals surface area (Å²) in [4.78, 5) is 12.6. The summed E-state index contributed by atoms with van der Waals surface area (Å²) < 4.78 is 36.0. The van der Waals surface area contributed by atoms with E-state index in [9.17, 15) is 0 Å². The molecule has 14 heteroatoms. The molecular formula is C36H37ClN8O5. The van der Waals surface area contributed by atoms with Crippen molar-refractivity contribution >= 4 is 28.7 Å². The maximum Gasteiger partial charge on any atom is 0.223 e. The molecule has 3 aromatic heterocycles. The molecule has 5 atom stereocenters. The van der Waals surface area contributed by atoms with Gasteiger partial charge in [0.05, 0.1) is 45.4 Å². The van der Waals surface area contributed by atoms with Crippen molar-refractivity contribution in [1.29, 1.82) is 0 Å². The van der Waals surface area contributed by atoms with Crippen LogP contribution in [0.2, 0.25) is 5.15 Å². The van der Waals surface area contributed by atoms with Crippen LogP contribution in [0.4, 0.5) is 5.95 Å². The molecule has 0 radical (unpaired) electrons. The fourth-order valence-electron chi connectivity index (χ4n) is 5.98. The Balaban J connectivity index is 1.16. The van der Waals surface area contributed by atoms with E-state index in [1.165, 1.54) is 0 Å². The first-order valence-electron chi connectivity index (χ1n) is 16.2. The first kappa shape index (κ1) is 33.7. The summed E-state index contributed by atoms with van der Waals surface area (Å²) in [6.07, 6.45) is 0.416. The number of anilines is 1. The van der Waals surface area contributed by atoms with E-state index in [1.54, 1.807) is 22.7 Å².